The van der Waals surface area contributed by atoms with Crippen LogP contribution in [0.25, 0.3) is 21.9 Å². The molecule has 6 rings (SSSR count). The van der Waals surface area contributed by atoms with Gasteiger partial charge in [0.05, 0.1) is 23.8 Å². The number of amides is 1. The van der Waals surface area contributed by atoms with Gasteiger partial charge < -0.3 is 15.1 Å². The van der Waals surface area contributed by atoms with E-state index >= 15 is 0 Å². The third kappa shape index (κ3) is 4.66. The Kier molecular flexibility index (Phi) is 6.37. The second-order valence-corrected chi connectivity index (χ2v) is 11.1. The summed E-state index contributed by atoms with van der Waals surface area (Å²) in [7, 11) is 0. The van der Waals surface area contributed by atoms with Crippen molar-refractivity contribution in [1.29, 1.82) is 0 Å². The molecule has 38 heavy (non-hydrogen) atoms. The number of benzene rings is 1. The van der Waals surface area contributed by atoms with Crippen LogP contribution in [0.3, 0.4) is 0 Å². The molecule has 2 aliphatic rings. The summed E-state index contributed by atoms with van der Waals surface area (Å²) in [6.45, 7) is 11.0. The Bertz CT molecular complexity index is 1470. The summed E-state index contributed by atoms with van der Waals surface area (Å²) in [5.41, 5.74) is 3.96. The maximum absolute atomic E-state index is 11.8. The number of fused-ring (bicyclic) bond motifs is 2. The number of carbonyl (C=O) groups is 1. The molecule has 1 aromatic carbocycles. The number of aromatic nitrogens is 5. The maximum Gasteiger partial charge on any atom is 0.228 e. The second kappa shape index (κ2) is 9.85. The van der Waals surface area contributed by atoms with Crippen molar-refractivity contribution < 1.29 is 4.79 Å². The zero-order valence-electron chi connectivity index (χ0n) is 22.6. The summed E-state index contributed by atoms with van der Waals surface area (Å²) in [6.07, 6.45) is 6.23. The first-order chi connectivity index (χ1) is 18.4. The normalized spacial score (nSPS) is 17.8. The molecular formula is C29H36N8O. The van der Waals surface area contributed by atoms with Gasteiger partial charge in [-0.25, -0.2) is 4.98 Å². The molecule has 1 aliphatic carbocycles. The monoisotopic (exact) mass is 512 g/mol. The Labute approximate surface area is 223 Å². The fourth-order valence-electron chi connectivity index (χ4n) is 5.31. The van der Waals surface area contributed by atoms with Crippen molar-refractivity contribution in [2.75, 3.05) is 36.4 Å². The third-order valence-electron chi connectivity index (χ3n) is 8.15. The van der Waals surface area contributed by atoms with Crippen molar-refractivity contribution in [2.45, 2.75) is 52.6 Å². The average Bonchev–Trinajstić information content (AvgIpc) is 3.68. The minimum atomic E-state index is 0.102. The lowest BCUT2D eigenvalue weighted by Crippen LogP contribution is -2.48. The number of anilines is 2. The van der Waals surface area contributed by atoms with E-state index in [9.17, 15) is 4.79 Å². The van der Waals surface area contributed by atoms with Crippen molar-refractivity contribution in [3.05, 3.63) is 48.3 Å². The molecule has 2 unspecified atom stereocenters. The molecule has 0 spiro atoms. The molecular weight excluding hydrogens is 476 g/mol. The molecule has 4 aromatic rings. The molecule has 1 saturated heterocycles. The number of hydrogen-bond acceptors (Lipinski definition) is 7. The molecule has 9 heteroatoms. The van der Waals surface area contributed by atoms with E-state index in [1.807, 2.05) is 23.4 Å². The molecule has 1 amide bonds. The molecule has 0 bridgehead atoms. The van der Waals surface area contributed by atoms with Gasteiger partial charge in [-0.05, 0) is 49.3 Å². The standard InChI is InChI=1S/C29H36N8O/c1-18(2)19(3)37-27-25(17-31-37)32-29(36-13-11-35(12-14-36)20(4)38)34-28(27)33-26(21-9-10-21)23-15-22-7-5-6-8-24(22)30-16-23/h5-8,15-19,21,26H,9-14H2,1-4H3,(H,32,33,34). The maximum atomic E-state index is 11.8. The lowest BCUT2D eigenvalue weighted by atomic mass is 10.0. The second-order valence-electron chi connectivity index (χ2n) is 11.1. The first kappa shape index (κ1) is 24.6. The summed E-state index contributed by atoms with van der Waals surface area (Å²) in [5.74, 6) is 2.56. The Morgan fingerprint density at radius 3 is 2.47 bits per heavy atom. The number of para-hydroxylation sites is 1. The smallest absolute Gasteiger partial charge is 0.228 e. The Morgan fingerprint density at radius 1 is 1.00 bits per heavy atom. The minimum absolute atomic E-state index is 0.102. The first-order valence-electron chi connectivity index (χ1n) is 13.8. The molecule has 198 valence electrons. The van der Waals surface area contributed by atoms with Crippen LogP contribution in [0.15, 0.2) is 42.7 Å². The molecule has 2 fully saturated rings. The summed E-state index contributed by atoms with van der Waals surface area (Å²) in [6, 6.07) is 10.8. The van der Waals surface area contributed by atoms with Crippen LogP contribution >= 0.6 is 0 Å². The quantitative estimate of drug-likeness (QED) is 0.379. The zero-order valence-corrected chi connectivity index (χ0v) is 22.6. The highest BCUT2D eigenvalue weighted by atomic mass is 16.2. The van der Waals surface area contributed by atoms with Crippen LogP contribution in [0.2, 0.25) is 0 Å². The van der Waals surface area contributed by atoms with E-state index in [4.69, 9.17) is 20.1 Å². The highest BCUT2D eigenvalue weighted by Gasteiger charge is 2.34. The highest BCUT2D eigenvalue weighted by molar-refractivity contribution is 5.87. The van der Waals surface area contributed by atoms with Gasteiger partial charge in [-0.2, -0.15) is 10.1 Å². The van der Waals surface area contributed by atoms with Crippen molar-refractivity contribution in [3.8, 4) is 0 Å². The van der Waals surface area contributed by atoms with E-state index in [2.05, 4.69) is 59.9 Å². The van der Waals surface area contributed by atoms with Gasteiger partial charge in [0, 0.05) is 44.7 Å². The number of nitrogens with zero attached hydrogens (tertiary/aromatic N) is 7. The third-order valence-corrected chi connectivity index (χ3v) is 8.15. The first-order valence-corrected chi connectivity index (χ1v) is 13.8. The zero-order chi connectivity index (χ0) is 26.4. The molecule has 2 atom stereocenters. The SMILES string of the molecule is CC(=O)N1CCN(c2nc(NC(c3cnc4ccccc4c3)C3CC3)c3c(cnn3C(C)C(C)C)n2)CC1. The molecule has 4 heterocycles. The predicted octanol–water partition coefficient (Wildman–Crippen LogP) is 4.82. The van der Waals surface area contributed by atoms with E-state index in [-0.39, 0.29) is 18.0 Å². The summed E-state index contributed by atoms with van der Waals surface area (Å²) in [4.78, 5) is 30.7. The predicted molar refractivity (Wildman–Crippen MR) is 150 cm³/mol. The molecule has 1 aliphatic heterocycles. The van der Waals surface area contributed by atoms with Gasteiger partial charge in [0.25, 0.3) is 0 Å². The van der Waals surface area contributed by atoms with E-state index in [1.54, 1.807) is 6.92 Å². The number of piperazine rings is 1. The molecule has 1 N–H and O–H groups in total. The number of pyridine rings is 1. The topological polar surface area (TPSA) is 92.1 Å². The number of nitrogens with one attached hydrogen (secondary N) is 1. The molecule has 1 saturated carbocycles. The van der Waals surface area contributed by atoms with E-state index < -0.39 is 0 Å². The lowest BCUT2D eigenvalue weighted by Gasteiger charge is -2.34. The molecule has 3 aromatic heterocycles. The lowest BCUT2D eigenvalue weighted by molar-refractivity contribution is -0.129. The van der Waals surface area contributed by atoms with Crippen molar-refractivity contribution in [3.63, 3.8) is 0 Å². The van der Waals surface area contributed by atoms with Gasteiger partial charge in [-0.1, -0.05) is 32.0 Å². The van der Waals surface area contributed by atoms with Gasteiger partial charge in [0.15, 0.2) is 5.82 Å². The average molecular weight is 513 g/mol. The van der Waals surface area contributed by atoms with Gasteiger partial charge in [0.2, 0.25) is 11.9 Å². The van der Waals surface area contributed by atoms with Gasteiger partial charge in [-0.3, -0.25) is 14.5 Å². The van der Waals surface area contributed by atoms with E-state index in [0.717, 1.165) is 27.8 Å². The fourth-order valence-corrected chi connectivity index (χ4v) is 5.31. The Morgan fingerprint density at radius 2 is 1.76 bits per heavy atom. The van der Waals surface area contributed by atoms with Crippen molar-refractivity contribution in [1.82, 2.24) is 29.6 Å². The summed E-state index contributed by atoms with van der Waals surface area (Å²) >= 11 is 0. The van der Waals surface area contributed by atoms with E-state index in [0.29, 0.717) is 44.0 Å². The Balaban J connectivity index is 1.41. The number of hydrogen-bond donors (Lipinski definition) is 1. The van der Waals surface area contributed by atoms with E-state index in [1.165, 1.54) is 18.4 Å². The highest BCUT2D eigenvalue weighted by Crippen LogP contribution is 2.44. The Hall–Kier alpha value is -3.75. The van der Waals surface area contributed by atoms with Crippen LogP contribution in [0.4, 0.5) is 11.8 Å². The van der Waals surface area contributed by atoms with Crippen LogP contribution in [-0.4, -0.2) is 61.7 Å². The number of carbonyl (C=O) groups excluding carboxylic acids is 1. The van der Waals surface area contributed by atoms with Crippen LogP contribution in [0.1, 0.15) is 58.2 Å². The minimum Gasteiger partial charge on any atom is -0.361 e. The summed E-state index contributed by atoms with van der Waals surface area (Å²) < 4.78 is 2.07. The van der Waals surface area contributed by atoms with Gasteiger partial charge in [-0.15, -0.1) is 0 Å². The molecule has 0 radical (unpaired) electrons. The van der Waals surface area contributed by atoms with Crippen LogP contribution in [0.5, 0.6) is 0 Å². The van der Waals surface area contributed by atoms with Crippen LogP contribution in [-0.2, 0) is 4.79 Å². The van der Waals surface area contributed by atoms with Gasteiger partial charge >= 0.3 is 0 Å². The van der Waals surface area contributed by atoms with Crippen molar-refractivity contribution in [2.24, 2.45) is 11.8 Å². The molecule has 9 nitrogen and oxygen atoms in total. The van der Waals surface area contributed by atoms with Crippen LogP contribution < -0.4 is 10.2 Å². The number of rotatable bonds is 7. The fraction of sp³-hybridized carbons (Fsp3) is 0.483. The van der Waals surface area contributed by atoms with Crippen LogP contribution in [0, 0.1) is 11.8 Å². The summed E-state index contributed by atoms with van der Waals surface area (Å²) in [5, 5.41) is 9.77. The van der Waals surface area contributed by atoms with Gasteiger partial charge in [0.1, 0.15) is 11.0 Å². The largest absolute Gasteiger partial charge is 0.361 e. The van der Waals surface area contributed by atoms with Crippen molar-refractivity contribution >= 4 is 39.6 Å².